The number of rotatable bonds is 4. The average molecular weight is 306 g/mol. The van der Waals surface area contributed by atoms with Crippen LogP contribution in [0.4, 0.5) is 4.39 Å². The summed E-state index contributed by atoms with van der Waals surface area (Å²) in [6, 6.07) is 6.63. The molecular weight excluding hydrogens is 283 g/mol. The number of halogens is 1. The van der Waals surface area contributed by atoms with Crippen LogP contribution in [0.1, 0.15) is 32.8 Å². The molecule has 1 aliphatic heterocycles. The minimum Gasteiger partial charge on any atom is -0.355 e. The van der Waals surface area contributed by atoms with Crippen molar-refractivity contribution in [1.29, 1.82) is 0 Å². The summed E-state index contributed by atoms with van der Waals surface area (Å²) in [5.41, 5.74) is 0.104. The molecule has 0 aliphatic carbocycles. The smallest absolute Gasteiger partial charge is 0.224 e. The zero-order valence-corrected chi connectivity index (χ0v) is 13.4. The molecule has 1 aromatic carbocycles. The number of carbonyl (C=O) groups excluding carboxylic acids is 2. The number of nitrogens with one attached hydrogen (secondary N) is 1. The number of benzene rings is 1. The molecule has 5 heteroatoms. The van der Waals surface area contributed by atoms with E-state index in [9.17, 15) is 14.0 Å². The summed E-state index contributed by atoms with van der Waals surface area (Å²) in [7, 11) is 0. The van der Waals surface area contributed by atoms with Gasteiger partial charge in [0.15, 0.2) is 0 Å². The molecule has 1 fully saturated rings. The summed E-state index contributed by atoms with van der Waals surface area (Å²) in [6.45, 7) is 6.79. The SMILES string of the molecule is CC(=O)N1CCC(C(=O)NCC(C)(C)c2ccccc2F)C1. The number of likely N-dealkylation sites (tertiary alicyclic amines) is 1. The van der Waals surface area contributed by atoms with Crippen molar-refractivity contribution in [2.45, 2.75) is 32.6 Å². The molecule has 2 amide bonds. The van der Waals surface area contributed by atoms with Gasteiger partial charge in [-0.15, -0.1) is 0 Å². The van der Waals surface area contributed by atoms with Crippen molar-refractivity contribution in [2.24, 2.45) is 5.92 Å². The fraction of sp³-hybridized carbons (Fsp3) is 0.529. The van der Waals surface area contributed by atoms with E-state index in [1.807, 2.05) is 13.8 Å². The van der Waals surface area contributed by atoms with Gasteiger partial charge >= 0.3 is 0 Å². The van der Waals surface area contributed by atoms with Crippen LogP contribution in [0, 0.1) is 11.7 Å². The third-order valence-electron chi connectivity index (χ3n) is 4.31. The highest BCUT2D eigenvalue weighted by Gasteiger charge is 2.31. The molecule has 0 radical (unpaired) electrons. The molecule has 0 spiro atoms. The Labute approximate surface area is 130 Å². The summed E-state index contributed by atoms with van der Waals surface area (Å²) in [5, 5.41) is 2.91. The van der Waals surface area contributed by atoms with E-state index in [2.05, 4.69) is 5.32 Å². The summed E-state index contributed by atoms with van der Waals surface area (Å²) < 4.78 is 13.9. The second-order valence-electron chi connectivity index (χ2n) is 6.53. The van der Waals surface area contributed by atoms with Gasteiger partial charge in [0.25, 0.3) is 0 Å². The van der Waals surface area contributed by atoms with Gasteiger partial charge in [0.05, 0.1) is 5.92 Å². The zero-order chi connectivity index (χ0) is 16.3. The summed E-state index contributed by atoms with van der Waals surface area (Å²) in [5.74, 6) is -0.485. The second-order valence-corrected chi connectivity index (χ2v) is 6.53. The van der Waals surface area contributed by atoms with E-state index in [1.54, 1.807) is 23.1 Å². The van der Waals surface area contributed by atoms with Crippen molar-refractivity contribution in [2.75, 3.05) is 19.6 Å². The van der Waals surface area contributed by atoms with Crippen LogP contribution < -0.4 is 5.32 Å². The summed E-state index contributed by atoms with van der Waals surface area (Å²) >= 11 is 0. The Kier molecular flexibility index (Phi) is 4.84. The lowest BCUT2D eigenvalue weighted by Crippen LogP contribution is -2.41. The molecule has 1 aromatic rings. The Morgan fingerprint density at radius 3 is 2.64 bits per heavy atom. The second kappa shape index (κ2) is 6.46. The maximum Gasteiger partial charge on any atom is 0.224 e. The summed E-state index contributed by atoms with van der Waals surface area (Å²) in [4.78, 5) is 25.2. The van der Waals surface area contributed by atoms with Crippen LogP contribution in [0.2, 0.25) is 0 Å². The molecule has 0 saturated carbocycles. The Hall–Kier alpha value is -1.91. The van der Waals surface area contributed by atoms with Crippen molar-refractivity contribution in [3.8, 4) is 0 Å². The van der Waals surface area contributed by atoms with Crippen molar-refractivity contribution in [1.82, 2.24) is 10.2 Å². The van der Waals surface area contributed by atoms with Gasteiger partial charge in [-0.2, -0.15) is 0 Å². The first-order valence-electron chi connectivity index (χ1n) is 7.59. The molecule has 22 heavy (non-hydrogen) atoms. The highest BCUT2D eigenvalue weighted by atomic mass is 19.1. The van der Waals surface area contributed by atoms with Crippen LogP contribution in [-0.4, -0.2) is 36.3 Å². The first-order chi connectivity index (χ1) is 10.3. The predicted octanol–water partition coefficient (Wildman–Crippen LogP) is 2.09. The first-order valence-corrected chi connectivity index (χ1v) is 7.59. The lowest BCUT2D eigenvalue weighted by molar-refractivity contribution is -0.128. The largest absolute Gasteiger partial charge is 0.355 e. The van der Waals surface area contributed by atoms with Gasteiger partial charge in [-0.3, -0.25) is 9.59 Å². The predicted molar refractivity (Wildman–Crippen MR) is 82.8 cm³/mol. The van der Waals surface area contributed by atoms with Gasteiger partial charge in [-0.25, -0.2) is 4.39 Å². The van der Waals surface area contributed by atoms with Crippen LogP contribution in [0.15, 0.2) is 24.3 Å². The van der Waals surface area contributed by atoms with Crippen molar-refractivity contribution in [3.05, 3.63) is 35.6 Å². The van der Waals surface area contributed by atoms with Crippen molar-refractivity contribution >= 4 is 11.8 Å². The van der Waals surface area contributed by atoms with Crippen molar-refractivity contribution in [3.63, 3.8) is 0 Å². The quantitative estimate of drug-likeness (QED) is 0.926. The number of amides is 2. The topological polar surface area (TPSA) is 49.4 Å². The van der Waals surface area contributed by atoms with Gasteiger partial charge in [-0.05, 0) is 18.1 Å². The normalized spacial score (nSPS) is 18.4. The lowest BCUT2D eigenvalue weighted by atomic mass is 9.84. The van der Waals surface area contributed by atoms with E-state index in [0.717, 1.165) is 0 Å². The monoisotopic (exact) mass is 306 g/mol. The Morgan fingerprint density at radius 1 is 1.36 bits per heavy atom. The zero-order valence-electron chi connectivity index (χ0n) is 13.4. The van der Waals surface area contributed by atoms with Crippen LogP contribution in [0.5, 0.6) is 0 Å². The van der Waals surface area contributed by atoms with E-state index < -0.39 is 5.41 Å². The number of nitrogens with zero attached hydrogens (tertiary/aromatic N) is 1. The number of carbonyl (C=O) groups is 2. The molecule has 1 heterocycles. The van der Waals surface area contributed by atoms with Crippen LogP contribution >= 0.6 is 0 Å². The van der Waals surface area contributed by atoms with E-state index in [-0.39, 0.29) is 23.5 Å². The maximum atomic E-state index is 13.9. The van der Waals surface area contributed by atoms with Gasteiger partial charge in [0.1, 0.15) is 5.82 Å². The first kappa shape index (κ1) is 16.5. The molecule has 0 aromatic heterocycles. The Morgan fingerprint density at radius 2 is 2.05 bits per heavy atom. The third kappa shape index (κ3) is 3.64. The number of hydrogen-bond donors (Lipinski definition) is 1. The Balaban J connectivity index is 1.94. The fourth-order valence-electron chi connectivity index (χ4n) is 2.82. The highest BCUT2D eigenvalue weighted by Crippen LogP contribution is 2.25. The standard InChI is InChI=1S/C17H23FN2O2/c1-12(21)20-9-8-13(10-20)16(22)19-11-17(2,3)14-6-4-5-7-15(14)18/h4-7,13H,8-11H2,1-3H3,(H,19,22). The number of hydrogen-bond acceptors (Lipinski definition) is 2. The van der Waals surface area contributed by atoms with E-state index in [1.165, 1.54) is 13.0 Å². The molecule has 1 unspecified atom stereocenters. The van der Waals surface area contributed by atoms with E-state index in [0.29, 0.717) is 31.6 Å². The van der Waals surface area contributed by atoms with Gasteiger partial charge < -0.3 is 10.2 Å². The molecule has 120 valence electrons. The van der Waals surface area contributed by atoms with Crippen LogP contribution in [-0.2, 0) is 15.0 Å². The molecule has 1 saturated heterocycles. The third-order valence-corrected chi connectivity index (χ3v) is 4.31. The highest BCUT2D eigenvalue weighted by molar-refractivity contribution is 5.81. The molecule has 2 rings (SSSR count). The van der Waals surface area contributed by atoms with Crippen LogP contribution in [0.3, 0.4) is 0 Å². The molecule has 1 aliphatic rings. The molecule has 4 nitrogen and oxygen atoms in total. The minimum absolute atomic E-state index is 0.00184. The molecule has 1 atom stereocenters. The molecule has 1 N–H and O–H groups in total. The van der Waals surface area contributed by atoms with Gasteiger partial charge in [0, 0.05) is 32.0 Å². The average Bonchev–Trinajstić information content (AvgIpc) is 2.95. The van der Waals surface area contributed by atoms with Crippen LogP contribution in [0.25, 0.3) is 0 Å². The van der Waals surface area contributed by atoms with Gasteiger partial charge in [0.2, 0.25) is 11.8 Å². The minimum atomic E-state index is -0.486. The van der Waals surface area contributed by atoms with Crippen molar-refractivity contribution < 1.29 is 14.0 Å². The Bertz CT molecular complexity index is 572. The fourth-order valence-corrected chi connectivity index (χ4v) is 2.82. The lowest BCUT2D eigenvalue weighted by Gasteiger charge is -2.26. The van der Waals surface area contributed by atoms with Gasteiger partial charge in [-0.1, -0.05) is 32.0 Å². The maximum absolute atomic E-state index is 13.9. The summed E-state index contributed by atoms with van der Waals surface area (Å²) in [6.07, 6.45) is 0.686. The van der Waals surface area contributed by atoms with E-state index >= 15 is 0 Å². The molecule has 0 bridgehead atoms. The van der Waals surface area contributed by atoms with E-state index in [4.69, 9.17) is 0 Å². The molecular formula is C17H23FN2O2.